The van der Waals surface area contributed by atoms with Crippen molar-refractivity contribution in [1.82, 2.24) is 4.98 Å². The average Bonchev–Trinajstić information content (AvgIpc) is 2.92. The van der Waals surface area contributed by atoms with Crippen LogP contribution in [0.5, 0.6) is 0 Å². The largest absolute Gasteiger partial charge is 0.361 e. The molecule has 0 amide bonds. The number of Topliss-reactive ketones (excluding diaryl/α,β-unsaturated/α-hetero) is 1. The van der Waals surface area contributed by atoms with E-state index < -0.39 is 17.6 Å². The first-order valence-corrected chi connectivity index (χ1v) is 6.89. The molecule has 0 bridgehead atoms. The van der Waals surface area contributed by atoms with Crippen molar-refractivity contribution in [1.29, 1.82) is 0 Å². The van der Waals surface area contributed by atoms with Crippen molar-refractivity contribution in [3.63, 3.8) is 0 Å². The Bertz CT molecular complexity index is 842. The molecule has 1 atom stereocenters. The molecule has 5 nitrogen and oxygen atoms in total. The predicted octanol–water partition coefficient (Wildman–Crippen LogP) is 1.24. The Morgan fingerprint density at radius 3 is 2.77 bits per heavy atom. The Morgan fingerprint density at radius 1 is 1.18 bits per heavy atom. The Balaban J connectivity index is 1.82. The van der Waals surface area contributed by atoms with E-state index in [0.717, 1.165) is 34.7 Å². The fraction of sp³-hybridized carbons (Fsp3) is 0.118. The number of carbonyl (C=O) groups excluding carboxylic acids is 3. The number of fused-ring (bicyclic) bond motifs is 1. The zero-order chi connectivity index (χ0) is 15.7. The summed E-state index contributed by atoms with van der Waals surface area (Å²) < 4.78 is 0. The van der Waals surface area contributed by atoms with Crippen LogP contribution in [0.25, 0.3) is 10.9 Å². The van der Waals surface area contributed by atoms with E-state index in [-0.39, 0.29) is 11.4 Å². The number of rotatable bonds is 4. The molecule has 1 aromatic heterocycles. The highest BCUT2D eigenvalue weighted by Crippen LogP contribution is 2.20. The minimum absolute atomic E-state index is 0.139. The molecule has 0 fully saturated rings. The summed E-state index contributed by atoms with van der Waals surface area (Å²) in [5, 5.41) is 0.991. The summed E-state index contributed by atoms with van der Waals surface area (Å²) in [6.45, 7) is 0. The van der Waals surface area contributed by atoms with Gasteiger partial charge in [-0.3, -0.25) is 14.4 Å². The van der Waals surface area contributed by atoms with Crippen LogP contribution in [0.1, 0.15) is 5.56 Å². The van der Waals surface area contributed by atoms with Crippen molar-refractivity contribution in [3.05, 3.63) is 59.8 Å². The number of carbonyl (C=O) groups is 3. The Hall–Kier alpha value is -2.79. The fourth-order valence-electron chi connectivity index (χ4n) is 2.53. The number of hydrogen-bond donors (Lipinski definition) is 2. The molecule has 0 saturated heterocycles. The van der Waals surface area contributed by atoms with Crippen LogP contribution in [-0.4, -0.2) is 28.4 Å². The normalized spacial score (nSPS) is 16.0. The van der Waals surface area contributed by atoms with E-state index in [1.54, 1.807) is 6.20 Å². The van der Waals surface area contributed by atoms with Crippen LogP contribution in [0.3, 0.4) is 0 Å². The molecule has 5 heteroatoms. The van der Waals surface area contributed by atoms with Gasteiger partial charge in [0.25, 0.3) is 0 Å². The van der Waals surface area contributed by atoms with Crippen LogP contribution in [0, 0.1) is 0 Å². The minimum Gasteiger partial charge on any atom is -0.361 e. The van der Waals surface area contributed by atoms with E-state index >= 15 is 0 Å². The van der Waals surface area contributed by atoms with Gasteiger partial charge in [-0.2, -0.15) is 0 Å². The number of aromatic nitrogens is 1. The molecule has 3 rings (SSSR count). The summed E-state index contributed by atoms with van der Waals surface area (Å²) in [6, 6.07) is 6.83. The van der Waals surface area contributed by atoms with Crippen LogP contribution in [-0.2, 0) is 20.8 Å². The standard InChI is InChI=1S/C17H14N2O3/c18-14(17(22)13-8-11(20)5-6-16(13)21)7-10-9-19-15-4-2-1-3-12(10)15/h1-6,8-9,14,19H,7,18H2. The van der Waals surface area contributed by atoms with Gasteiger partial charge in [0.2, 0.25) is 0 Å². The number of ketones is 3. The lowest BCUT2D eigenvalue weighted by Crippen LogP contribution is -2.36. The summed E-state index contributed by atoms with van der Waals surface area (Å²) in [6.07, 6.45) is 5.41. The third kappa shape index (κ3) is 2.54. The number of aromatic amines is 1. The van der Waals surface area contributed by atoms with E-state index in [1.807, 2.05) is 24.3 Å². The SMILES string of the molecule is NC(Cc1c[nH]c2ccccc12)C(=O)C1=CC(=O)C=CC1=O. The smallest absolute Gasteiger partial charge is 0.189 e. The van der Waals surface area contributed by atoms with Gasteiger partial charge < -0.3 is 10.7 Å². The van der Waals surface area contributed by atoms with Gasteiger partial charge in [0.05, 0.1) is 11.6 Å². The van der Waals surface area contributed by atoms with E-state index in [1.165, 1.54) is 0 Å². The second-order valence-electron chi connectivity index (χ2n) is 5.19. The zero-order valence-corrected chi connectivity index (χ0v) is 11.7. The highest BCUT2D eigenvalue weighted by Gasteiger charge is 2.26. The minimum atomic E-state index is -0.867. The van der Waals surface area contributed by atoms with Gasteiger partial charge in [0, 0.05) is 23.2 Å². The Labute approximate surface area is 126 Å². The summed E-state index contributed by atoms with van der Waals surface area (Å²) in [4.78, 5) is 38.5. The summed E-state index contributed by atoms with van der Waals surface area (Å²) in [5.41, 5.74) is 7.67. The topological polar surface area (TPSA) is 93.0 Å². The lowest BCUT2D eigenvalue weighted by molar-refractivity contribution is -0.121. The zero-order valence-electron chi connectivity index (χ0n) is 11.7. The Kier molecular flexibility index (Phi) is 3.56. The highest BCUT2D eigenvalue weighted by molar-refractivity contribution is 6.31. The molecule has 0 radical (unpaired) electrons. The number of allylic oxidation sites excluding steroid dienone is 3. The van der Waals surface area contributed by atoms with Crippen molar-refractivity contribution < 1.29 is 14.4 Å². The van der Waals surface area contributed by atoms with Crippen LogP contribution < -0.4 is 5.73 Å². The first-order chi connectivity index (χ1) is 10.6. The molecule has 1 aliphatic carbocycles. The molecule has 110 valence electrons. The number of nitrogens with one attached hydrogen (secondary N) is 1. The third-order valence-corrected chi connectivity index (χ3v) is 3.67. The molecular formula is C17H14N2O3. The van der Waals surface area contributed by atoms with Gasteiger partial charge in [-0.05, 0) is 30.2 Å². The second kappa shape index (κ2) is 5.54. The van der Waals surface area contributed by atoms with Gasteiger partial charge >= 0.3 is 0 Å². The summed E-state index contributed by atoms with van der Waals surface area (Å²) in [5.74, 6) is -1.35. The quantitative estimate of drug-likeness (QED) is 0.655. The first kappa shape index (κ1) is 14.2. The maximum atomic E-state index is 12.3. The van der Waals surface area contributed by atoms with Gasteiger partial charge in [-0.25, -0.2) is 0 Å². The molecule has 22 heavy (non-hydrogen) atoms. The highest BCUT2D eigenvalue weighted by atomic mass is 16.2. The average molecular weight is 294 g/mol. The first-order valence-electron chi connectivity index (χ1n) is 6.89. The monoisotopic (exact) mass is 294 g/mol. The molecular weight excluding hydrogens is 280 g/mol. The molecule has 3 N–H and O–H groups in total. The van der Waals surface area contributed by atoms with Gasteiger partial charge in [0.15, 0.2) is 17.3 Å². The summed E-state index contributed by atoms with van der Waals surface area (Å²) in [7, 11) is 0. The lowest BCUT2D eigenvalue weighted by atomic mass is 9.93. The molecule has 1 heterocycles. The van der Waals surface area contributed by atoms with Crippen molar-refractivity contribution >= 4 is 28.3 Å². The van der Waals surface area contributed by atoms with Crippen molar-refractivity contribution in [2.75, 3.05) is 0 Å². The number of nitrogens with two attached hydrogens (primary N) is 1. The maximum absolute atomic E-state index is 12.3. The van der Waals surface area contributed by atoms with Crippen LogP contribution in [0.4, 0.5) is 0 Å². The Morgan fingerprint density at radius 2 is 1.95 bits per heavy atom. The van der Waals surface area contributed by atoms with E-state index in [9.17, 15) is 14.4 Å². The van der Waals surface area contributed by atoms with Gasteiger partial charge in [0.1, 0.15) is 0 Å². The maximum Gasteiger partial charge on any atom is 0.189 e. The van der Waals surface area contributed by atoms with Crippen LogP contribution in [0.2, 0.25) is 0 Å². The number of para-hydroxylation sites is 1. The van der Waals surface area contributed by atoms with E-state index in [0.29, 0.717) is 6.42 Å². The van der Waals surface area contributed by atoms with Crippen LogP contribution >= 0.6 is 0 Å². The molecule has 0 aliphatic heterocycles. The van der Waals surface area contributed by atoms with Gasteiger partial charge in [-0.1, -0.05) is 18.2 Å². The fourth-order valence-corrected chi connectivity index (χ4v) is 2.53. The molecule has 1 unspecified atom stereocenters. The van der Waals surface area contributed by atoms with Crippen LogP contribution in [0.15, 0.2) is 54.3 Å². The molecule has 1 aliphatic rings. The predicted molar refractivity (Wildman–Crippen MR) is 82.2 cm³/mol. The summed E-state index contributed by atoms with van der Waals surface area (Å²) >= 11 is 0. The third-order valence-electron chi connectivity index (χ3n) is 3.67. The molecule has 2 aromatic rings. The van der Waals surface area contributed by atoms with Crippen molar-refractivity contribution in [3.8, 4) is 0 Å². The van der Waals surface area contributed by atoms with Gasteiger partial charge in [-0.15, -0.1) is 0 Å². The molecule has 1 aromatic carbocycles. The molecule has 0 saturated carbocycles. The molecule has 0 spiro atoms. The van der Waals surface area contributed by atoms with E-state index in [4.69, 9.17) is 5.73 Å². The lowest BCUT2D eigenvalue weighted by Gasteiger charge is -2.12. The van der Waals surface area contributed by atoms with Crippen molar-refractivity contribution in [2.45, 2.75) is 12.5 Å². The van der Waals surface area contributed by atoms with Crippen molar-refractivity contribution in [2.24, 2.45) is 5.73 Å². The number of hydrogen-bond acceptors (Lipinski definition) is 4. The van der Waals surface area contributed by atoms with E-state index in [2.05, 4.69) is 4.98 Å². The number of benzene rings is 1. The second-order valence-corrected chi connectivity index (χ2v) is 5.19. The number of H-pyrrole nitrogens is 1.